The highest BCUT2D eigenvalue weighted by Gasteiger charge is 1.90. The molecule has 70 valence electrons. The van der Waals surface area contributed by atoms with Gasteiger partial charge in [-0.25, -0.2) is 0 Å². The van der Waals surface area contributed by atoms with Gasteiger partial charge in [-0.2, -0.15) is 0 Å². The van der Waals surface area contributed by atoms with Gasteiger partial charge in [0.2, 0.25) is 0 Å². The van der Waals surface area contributed by atoms with Crippen LogP contribution in [0, 0.1) is 0 Å². The van der Waals surface area contributed by atoms with Gasteiger partial charge < -0.3 is 10.6 Å². The predicted octanol–water partition coefficient (Wildman–Crippen LogP) is 1.38. The van der Waals surface area contributed by atoms with Crippen molar-refractivity contribution in [3.8, 4) is 0 Å². The van der Waals surface area contributed by atoms with Crippen molar-refractivity contribution in [2.45, 2.75) is 13.0 Å². The molecule has 0 radical (unpaired) electrons. The molecule has 0 bridgehead atoms. The minimum Gasteiger partial charge on any atom is -0.394 e. The molecule has 1 rings (SSSR count). The van der Waals surface area contributed by atoms with Crippen LogP contribution < -0.4 is 5.73 Å². The smallest absolute Gasteiger partial charge is 0.131 e. The van der Waals surface area contributed by atoms with Crippen LogP contribution in [0.25, 0.3) is 0 Å². The Morgan fingerprint density at radius 3 is 2.77 bits per heavy atom. The van der Waals surface area contributed by atoms with Crippen LogP contribution >= 0.6 is 0 Å². The summed E-state index contributed by atoms with van der Waals surface area (Å²) in [6, 6.07) is 9.80. The van der Waals surface area contributed by atoms with E-state index in [4.69, 9.17) is 10.6 Å². The van der Waals surface area contributed by atoms with Crippen LogP contribution in [-0.4, -0.2) is 18.9 Å². The summed E-state index contributed by atoms with van der Waals surface area (Å²) in [5, 5.41) is 3.78. The van der Waals surface area contributed by atoms with Crippen LogP contribution in [0.15, 0.2) is 35.5 Å². The van der Waals surface area contributed by atoms with E-state index in [1.54, 1.807) is 6.21 Å². The van der Waals surface area contributed by atoms with Crippen molar-refractivity contribution in [1.82, 2.24) is 0 Å². The standard InChI is InChI=1S/C10H14N2O/c1-9(11)8-13-12-7-10-5-3-2-4-6-10/h2-7,9H,8,11H2,1H3. The van der Waals surface area contributed by atoms with Crippen LogP contribution in [0.3, 0.4) is 0 Å². The van der Waals surface area contributed by atoms with E-state index in [0.29, 0.717) is 6.61 Å². The molecule has 0 saturated carbocycles. The van der Waals surface area contributed by atoms with Gasteiger partial charge in [0.1, 0.15) is 6.61 Å². The fourth-order valence-electron chi connectivity index (χ4n) is 0.798. The van der Waals surface area contributed by atoms with Crippen molar-refractivity contribution in [3.05, 3.63) is 35.9 Å². The lowest BCUT2D eigenvalue weighted by atomic mass is 10.2. The molecular weight excluding hydrogens is 164 g/mol. The van der Waals surface area contributed by atoms with Crippen molar-refractivity contribution in [1.29, 1.82) is 0 Å². The molecule has 3 nitrogen and oxygen atoms in total. The summed E-state index contributed by atoms with van der Waals surface area (Å²) < 4.78 is 0. The second-order valence-electron chi connectivity index (χ2n) is 2.92. The van der Waals surface area contributed by atoms with Crippen LogP contribution in [0.1, 0.15) is 12.5 Å². The lowest BCUT2D eigenvalue weighted by Gasteiger charge is -2.00. The van der Waals surface area contributed by atoms with Crippen LogP contribution in [0.4, 0.5) is 0 Å². The summed E-state index contributed by atoms with van der Waals surface area (Å²) in [5.74, 6) is 0. The van der Waals surface area contributed by atoms with E-state index in [-0.39, 0.29) is 6.04 Å². The second-order valence-corrected chi connectivity index (χ2v) is 2.92. The summed E-state index contributed by atoms with van der Waals surface area (Å²) >= 11 is 0. The molecule has 2 N–H and O–H groups in total. The van der Waals surface area contributed by atoms with E-state index in [0.717, 1.165) is 5.56 Å². The van der Waals surface area contributed by atoms with E-state index in [1.807, 2.05) is 37.3 Å². The molecule has 1 aromatic carbocycles. The van der Waals surface area contributed by atoms with Gasteiger partial charge in [0, 0.05) is 6.04 Å². The molecule has 3 heteroatoms. The molecule has 13 heavy (non-hydrogen) atoms. The lowest BCUT2D eigenvalue weighted by Crippen LogP contribution is -2.20. The number of rotatable bonds is 4. The Balaban J connectivity index is 2.33. The summed E-state index contributed by atoms with van der Waals surface area (Å²) in [7, 11) is 0. The Morgan fingerprint density at radius 1 is 1.46 bits per heavy atom. The third-order valence-electron chi connectivity index (χ3n) is 1.41. The first kappa shape index (κ1) is 9.74. The zero-order valence-corrected chi connectivity index (χ0v) is 7.68. The summed E-state index contributed by atoms with van der Waals surface area (Å²) in [6.07, 6.45) is 1.67. The van der Waals surface area contributed by atoms with Gasteiger partial charge in [-0.1, -0.05) is 35.5 Å². The molecule has 1 atom stereocenters. The maximum Gasteiger partial charge on any atom is 0.131 e. The monoisotopic (exact) mass is 178 g/mol. The van der Waals surface area contributed by atoms with E-state index < -0.39 is 0 Å². The normalized spacial score (nSPS) is 13.1. The van der Waals surface area contributed by atoms with Gasteiger partial charge >= 0.3 is 0 Å². The number of oxime groups is 1. The van der Waals surface area contributed by atoms with Crippen molar-refractivity contribution in [3.63, 3.8) is 0 Å². The van der Waals surface area contributed by atoms with Crippen molar-refractivity contribution >= 4 is 6.21 Å². The van der Waals surface area contributed by atoms with Gasteiger partial charge in [-0.3, -0.25) is 0 Å². The van der Waals surface area contributed by atoms with Crippen LogP contribution in [0.5, 0.6) is 0 Å². The highest BCUT2D eigenvalue weighted by molar-refractivity contribution is 5.78. The summed E-state index contributed by atoms with van der Waals surface area (Å²) in [6.45, 7) is 2.32. The van der Waals surface area contributed by atoms with Crippen molar-refractivity contribution in [2.24, 2.45) is 10.9 Å². The van der Waals surface area contributed by atoms with Crippen LogP contribution in [-0.2, 0) is 4.84 Å². The molecule has 0 spiro atoms. The quantitative estimate of drug-likeness (QED) is 0.559. The Hall–Kier alpha value is -1.35. The van der Waals surface area contributed by atoms with E-state index in [9.17, 15) is 0 Å². The van der Waals surface area contributed by atoms with E-state index in [1.165, 1.54) is 0 Å². The first-order chi connectivity index (χ1) is 6.29. The van der Waals surface area contributed by atoms with Gasteiger partial charge in [0.15, 0.2) is 0 Å². The minimum atomic E-state index is 0.0212. The molecule has 0 aliphatic heterocycles. The molecule has 0 fully saturated rings. The van der Waals surface area contributed by atoms with Gasteiger partial charge in [0.25, 0.3) is 0 Å². The highest BCUT2D eigenvalue weighted by atomic mass is 16.6. The molecule has 0 aromatic heterocycles. The summed E-state index contributed by atoms with van der Waals surface area (Å²) in [5.41, 5.74) is 6.49. The number of nitrogens with zero attached hydrogens (tertiary/aromatic N) is 1. The Labute approximate surface area is 78.2 Å². The molecule has 0 saturated heterocycles. The average Bonchev–Trinajstić information content (AvgIpc) is 2.14. The van der Waals surface area contributed by atoms with Gasteiger partial charge in [0.05, 0.1) is 6.21 Å². The van der Waals surface area contributed by atoms with Gasteiger partial charge in [-0.15, -0.1) is 0 Å². The van der Waals surface area contributed by atoms with Gasteiger partial charge in [-0.05, 0) is 12.5 Å². The lowest BCUT2D eigenvalue weighted by molar-refractivity contribution is 0.135. The third-order valence-corrected chi connectivity index (χ3v) is 1.41. The first-order valence-corrected chi connectivity index (χ1v) is 4.25. The maximum atomic E-state index is 5.47. The molecule has 0 aliphatic rings. The predicted molar refractivity (Wildman–Crippen MR) is 53.6 cm³/mol. The topological polar surface area (TPSA) is 47.6 Å². The SMILES string of the molecule is CC(N)CON=Cc1ccccc1. The number of benzene rings is 1. The van der Waals surface area contributed by atoms with Crippen LogP contribution in [0.2, 0.25) is 0 Å². The Kier molecular flexibility index (Phi) is 3.99. The zero-order valence-electron chi connectivity index (χ0n) is 7.68. The minimum absolute atomic E-state index is 0.0212. The number of hydrogen-bond donors (Lipinski definition) is 1. The molecular formula is C10H14N2O. The second kappa shape index (κ2) is 5.32. The maximum absolute atomic E-state index is 5.47. The zero-order chi connectivity index (χ0) is 9.52. The molecule has 0 aliphatic carbocycles. The fraction of sp³-hybridized carbons (Fsp3) is 0.300. The summed E-state index contributed by atoms with van der Waals surface area (Å²) in [4.78, 5) is 4.94. The largest absolute Gasteiger partial charge is 0.394 e. The Bertz CT molecular complexity index is 257. The Morgan fingerprint density at radius 2 is 2.15 bits per heavy atom. The first-order valence-electron chi connectivity index (χ1n) is 4.25. The number of hydrogen-bond acceptors (Lipinski definition) is 3. The third kappa shape index (κ3) is 4.28. The number of nitrogens with two attached hydrogens (primary N) is 1. The fourth-order valence-corrected chi connectivity index (χ4v) is 0.798. The molecule has 1 unspecified atom stereocenters. The van der Waals surface area contributed by atoms with E-state index in [2.05, 4.69) is 5.16 Å². The molecule has 0 amide bonds. The van der Waals surface area contributed by atoms with Crippen molar-refractivity contribution in [2.75, 3.05) is 6.61 Å². The molecule has 1 aromatic rings. The molecule has 0 heterocycles. The van der Waals surface area contributed by atoms with Crippen molar-refractivity contribution < 1.29 is 4.84 Å². The van der Waals surface area contributed by atoms with E-state index >= 15 is 0 Å². The highest BCUT2D eigenvalue weighted by Crippen LogP contribution is 1.94. The average molecular weight is 178 g/mol.